The molecule has 7 heteroatoms. The first kappa shape index (κ1) is 13.3. The van der Waals surface area contributed by atoms with Gasteiger partial charge in [-0.15, -0.1) is 0 Å². The predicted molar refractivity (Wildman–Crippen MR) is 65.5 cm³/mol. The molecule has 0 aliphatic carbocycles. The van der Waals surface area contributed by atoms with Gasteiger partial charge in [-0.3, -0.25) is 0 Å². The fourth-order valence-corrected chi connectivity index (χ4v) is 8.91. The van der Waals surface area contributed by atoms with Gasteiger partial charge in [0.1, 0.15) is 0 Å². The number of nitrogens with zero attached hydrogens (tertiary/aromatic N) is 1. The van der Waals surface area contributed by atoms with E-state index < -0.39 is 35.1 Å². The molecule has 0 amide bonds. The van der Waals surface area contributed by atoms with Gasteiger partial charge in [-0.05, 0) is 47.5 Å². The van der Waals surface area contributed by atoms with Gasteiger partial charge in [-0.25, -0.2) is 16.8 Å². The second-order valence-corrected chi connectivity index (χ2v) is 11.6. The Morgan fingerprint density at radius 1 is 0.765 bits per heavy atom. The molecule has 0 spiro atoms. The molecular weight excluding hydrogens is 262 g/mol. The lowest BCUT2D eigenvalue weighted by Crippen LogP contribution is -2.43. The van der Waals surface area contributed by atoms with Crippen LogP contribution in [0.3, 0.4) is 0 Å². The van der Waals surface area contributed by atoms with Gasteiger partial charge < -0.3 is 0 Å². The van der Waals surface area contributed by atoms with Gasteiger partial charge in [0.15, 0.2) is 0 Å². The van der Waals surface area contributed by atoms with E-state index in [1.54, 1.807) is 34.6 Å². The van der Waals surface area contributed by atoms with Crippen molar-refractivity contribution < 1.29 is 16.8 Å². The highest BCUT2D eigenvalue weighted by Gasteiger charge is 2.70. The molecule has 2 fully saturated rings. The highest BCUT2D eigenvalue weighted by Crippen LogP contribution is 2.56. The molecule has 5 nitrogen and oxygen atoms in total. The van der Waals surface area contributed by atoms with Crippen molar-refractivity contribution >= 4 is 20.0 Å². The van der Waals surface area contributed by atoms with Gasteiger partial charge in [-0.2, -0.15) is 0 Å². The van der Waals surface area contributed by atoms with E-state index in [0.29, 0.717) is 12.8 Å². The number of rotatable bonds is 0. The number of hydrogen-bond acceptors (Lipinski definition) is 4. The molecule has 100 valence electrons. The minimum atomic E-state index is -3.79. The lowest BCUT2D eigenvalue weighted by molar-refractivity contribution is 0.301. The Kier molecular flexibility index (Phi) is 2.25. The molecule has 0 atom stereocenters. The summed E-state index contributed by atoms with van der Waals surface area (Å²) in [7, 11) is -7.59. The second kappa shape index (κ2) is 2.88. The van der Waals surface area contributed by atoms with Crippen molar-refractivity contribution in [2.45, 2.75) is 62.5 Å². The topological polar surface area (TPSA) is 71.5 Å². The SMILES string of the molecule is CC12CC(C)(C)S(=O)(=O)N1S(=O)(=O)C(C)(C)C2. The number of fused-ring (bicyclic) bond motifs is 1. The van der Waals surface area contributed by atoms with Crippen LogP contribution in [-0.2, 0) is 20.0 Å². The monoisotopic (exact) mass is 281 g/mol. The maximum absolute atomic E-state index is 12.4. The summed E-state index contributed by atoms with van der Waals surface area (Å²) < 4.78 is 48.2. The maximum atomic E-state index is 12.4. The van der Waals surface area contributed by atoms with E-state index >= 15 is 0 Å². The Bertz CT molecular complexity index is 523. The molecule has 0 aromatic rings. The minimum Gasteiger partial charge on any atom is -0.211 e. The van der Waals surface area contributed by atoms with Crippen LogP contribution in [0.1, 0.15) is 47.5 Å². The van der Waals surface area contributed by atoms with Crippen LogP contribution in [0.2, 0.25) is 0 Å². The van der Waals surface area contributed by atoms with Crippen LogP contribution < -0.4 is 0 Å². The largest absolute Gasteiger partial charge is 0.232 e. The Hall–Kier alpha value is -0.140. The van der Waals surface area contributed by atoms with E-state index in [4.69, 9.17) is 0 Å². The van der Waals surface area contributed by atoms with Crippen LogP contribution >= 0.6 is 0 Å². The first-order valence-electron chi connectivity index (χ1n) is 5.58. The molecule has 2 rings (SSSR count). The van der Waals surface area contributed by atoms with Crippen LogP contribution in [0.4, 0.5) is 0 Å². The normalized spacial score (nSPS) is 35.6. The lowest BCUT2D eigenvalue weighted by Gasteiger charge is -2.23. The highest BCUT2D eigenvalue weighted by molar-refractivity contribution is 8.05. The first-order valence-corrected chi connectivity index (χ1v) is 8.46. The summed E-state index contributed by atoms with van der Waals surface area (Å²) in [6, 6.07) is 0. The summed E-state index contributed by atoms with van der Waals surface area (Å²) in [6.07, 6.45) is 0.704. The summed E-state index contributed by atoms with van der Waals surface area (Å²) in [6.45, 7) is 8.09. The van der Waals surface area contributed by atoms with Gasteiger partial charge in [0.2, 0.25) is 20.0 Å². The third-order valence-electron chi connectivity index (χ3n) is 3.89. The zero-order valence-corrected chi connectivity index (χ0v) is 12.4. The van der Waals surface area contributed by atoms with E-state index in [-0.39, 0.29) is 0 Å². The molecule has 0 saturated carbocycles. The third-order valence-corrected chi connectivity index (χ3v) is 9.90. The van der Waals surface area contributed by atoms with Crippen molar-refractivity contribution in [3.8, 4) is 0 Å². The van der Waals surface area contributed by atoms with Crippen LogP contribution in [0.25, 0.3) is 0 Å². The molecule has 0 aromatic heterocycles. The summed E-state index contributed by atoms with van der Waals surface area (Å²) >= 11 is 0. The summed E-state index contributed by atoms with van der Waals surface area (Å²) in [5, 5.41) is 0. The van der Waals surface area contributed by atoms with Gasteiger partial charge in [-0.1, -0.05) is 3.71 Å². The van der Waals surface area contributed by atoms with Crippen LogP contribution in [-0.4, -0.2) is 35.6 Å². The number of hydrogen-bond donors (Lipinski definition) is 0. The smallest absolute Gasteiger partial charge is 0.211 e. The van der Waals surface area contributed by atoms with Gasteiger partial charge in [0.25, 0.3) is 0 Å². The van der Waals surface area contributed by atoms with Crippen molar-refractivity contribution in [1.82, 2.24) is 3.71 Å². The molecule has 0 radical (unpaired) electrons. The highest BCUT2D eigenvalue weighted by atomic mass is 32.3. The number of sulfonamides is 2. The molecular formula is C10H19NO4S2. The molecule has 0 N–H and O–H groups in total. The fraction of sp³-hybridized carbons (Fsp3) is 1.00. The minimum absolute atomic E-state index is 0.352. The molecule has 0 unspecified atom stereocenters. The van der Waals surface area contributed by atoms with E-state index in [1.807, 2.05) is 0 Å². The quantitative estimate of drug-likeness (QED) is 0.666. The van der Waals surface area contributed by atoms with Crippen molar-refractivity contribution in [3.63, 3.8) is 0 Å². The van der Waals surface area contributed by atoms with Gasteiger partial charge in [0, 0.05) is 0 Å². The lowest BCUT2D eigenvalue weighted by atomic mass is 9.84. The van der Waals surface area contributed by atoms with E-state index in [9.17, 15) is 16.8 Å². The van der Waals surface area contributed by atoms with Crippen molar-refractivity contribution in [2.24, 2.45) is 0 Å². The molecule has 2 saturated heterocycles. The van der Waals surface area contributed by atoms with Gasteiger partial charge >= 0.3 is 0 Å². The molecule has 2 aliphatic heterocycles. The van der Waals surface area contributed by atoms with E-state index in [2.05, 4.69) is 0 Å². The fourth-order valence-electron chi connectivity index (χ4n) is 3.37. The Morgan fingerprint density at radius 2 is 1.06 bits per heavy atom. The Labute approximate surface area is 103 Å². The average molecular weight is 281 g/mol. The van der Waals surface area contributed by atoms with Crippen LogP contribution in [0, 0.1) is 0 Å². The van der Waals surface area contributed by atoms with Crippen molar-refractivity contribution in [1.29, 1.82) is 0 Å². The Balaban J connectivity index is 2.76. The van der Waals surface area contributed by atoms with E-state index in [1.165, 1.54) is 0 Å². The average Bonchev–Trinajstić information content (AvgIpc) is 2.17. The maximum Gasteiger partial charge on any atom is 0.232 e. The summed E-state index contributed by atoms with van der Waals surface area (Å²) in [5.74, 6) is 0. The predicted octanol–water partition coefficient (Wildman–Crippen LogP) is 1.07. The second-order valence-electron chi connectivity index (χ2n) is 6.58. The molecule has 0 bridgehead atoms. The Morgan fingerprint density at radius 3 is 1.29 bits per heavy atom. The summed E-state index contributed by atoms with van der Waals surface area (Å²) in [5.41, 5.74) is -0.801. The third kappa shape index (κ3) is 1.33. The van der Waals surface area contributed by atoms with Crippen LogP contribution in [0.15, 0.2) is 0 Å². The molecule has 2 aliphatic rings. The zero-order chi connectivity index (χ0) is 13.5. The van der Waals surface area contributed by atoms with Crippen molar-refractivity contribution in [2.75, 3.05) is 0 Å². The van der Waals surface area contributed by atoms with E-state index in [0.717, 1.165) is 3.71 Å². The van der Waals surface area contributed by atoms with Crippen LogP contribution in [0.5, 0.6) is 0 Å². The zero-order valence-electron chi connectivity index (χ0n) is 10.8. The molecule has 2 heterocycles. The first-order chi connectivity index (χ1) is 7.28. The standard InChI is InChI=1S/C10H19NO4S2/c1-8(2)6-10(5)7-9(3,4)17(14,15)11(10)16(8,12)13/h6-7H2,1-5H3. The van der Waals surface area contributed by atoms with Gasteiger partial charge in [0.05, 0.1) is 15.0 Å². The molecule has 17 heavy (non-hydrogen) atoms. The van der Waals surface area contributed by atoms with Crippen molar-refractivity contribution in [3.05, 3.63) is 0 Å². The summed E-state index contributed by atoms with van der Waals surface area (Å²) in [4.78, 5) is 0. The molecule has 0 aromatic carbocycles.